The zero-order chi connectivity index (χ0) is 25.8. The smallest absolute Gasteiger partial charge is 0.329 e. The van der Waals surface area contributed by atoms with E-state index in [0.717, 1.165) is 22.0 Å². The SMILES string of the molecule is COC(=O)[C@H](Cc1c[nH]c2ccccc12)n1c(/C(C)=N\OCc2ccccc2)nc2ccccc2c1=O. The van der Waals surface area contributed by atoms with Crippen LogP contribution in [0.5, 0.6) is 0 Å². The number of hydrogen-bond donors (Lipinski definition) is 1. The summed E-state index contributed by atoms with van der Waals surface area (Å²) in [4.78, 5) is 40.5. The molecule has 5 rings (SSSR count). The molecule has 0 unspecified atom stereocenters. The fourth-order valence-corrected chi connectivity index (χ4v) is 4.43. The molecule has 8 nitrogen and oxygen atoms in total. The van der Waals surface area contributed by atoms with E-state index in [2.05, 4.69) is 10.1 Å². The van der Waals surface area contributed by atoms with Crippen molar-refractivity contribution in [1.29, 1.82) is 0 Å². The van der Waals surface area contributed by atoms with Crippen LogP contribution < -0.4 is 5.56 Å². The van der Waals surface area contributed by atoms with Gasteiger partial charge in [-0.3, -0.25) is 9.36 Å². The Balaban J connectivity index is 1.61. The summed E-state index contributed by atoms with van der Waals surface area (Å²) < 4.78 is 6.54. The first-order chi connectivity index (χ1) is 18.1. The first-order valence-corrected chi connectivity index (χ1v) is 11.9. The number of aromatic amines is 1. The van der Waals surface area contributed by atoms with E-state index in [1.807, 2.05) is 66.9 Å². The normalized spacial score (nSPS) is 12.5. The minimum absolute atomic E-state index is 0.224. The summed E-state index contributed by atoms with van der Waals surface area (Å²) in [6.45, 7) is 1.96. The summed E-state index contributed by atoms with van der Waals surface area (Å²) >= 11 is 0. The molecule has 0 amide bonds. The highest BCUT2D eigenvalue weighted by molar-refractivity contribution is 5.97. The van der Waals surface area contributed by atoms with Gasteiger partial charge >= 0.3 is 5.97 Å². The Bertz CT molecular complexity index is 1650. The predicted molar refractivity (Wildman–Crippen MR) is 143 cm³/mol. The van der Waals surface area contributed by atoms with Gasteiger partial charge in [0.2, 0.25) is 0 Å². The van der Waals surface area contributed by atoms with Crippen molar-refractivity contribution >= 4 is 33.5 Å². The van der Waals surface area contributed by atoms with Crippen molar-refractivity contribution in [3.63, 3.8) is 0 Å². The number of oxime groups is 1. The third kappa shape index (κ3) is 4.86. The molecular weight excluding hydrogens is 468 g/mol. The fourth-order valence-electron chi connectivity index (χ4n) is 4.43. The number of esters is 1. The van der Waals surface area contributed by atoms with Gasteiger partial charge in [0, 0.05) is 23.5 Å². The maximum absolute atomic E-state index is 13.8. The largest absolute Gasteiger partial charge is 0.467 e. The zero-order valence-corrected chi connectivity index (χ0v) is 20.5. The quantitative estimate of drug-likeness (QED) is 0.190. The number of aromatic nitrogens is 3. The van der Waals surface area contributed by atoms with Crippen molar-refractivity contribution in [3.8, 4) is 0 Å². The van der Waals surface area contributed by atoms with Crippen molar-refractivity contribution in [2.45, 2.75) is 26.0 Å². The lowest BCUT2D eigenvalue weighted by Crippen LogP contribution is -2.36. The number of hydrogen-bond acceptors (Lipinski definition) is 6. The summed E-state index contributed by atoms with van der Waals surface area (Å²) in [7, 11) is 1.31. The molecule has 3 aromatic carbocycles. The summed E-state index contributed by atoms with van der Waals surface area (Å²) in [5.41, 5.74) is 3.30. The third-order valence-corrected chi connectivity index (χ3v) is 6.28. The fraction of sp³-hybridized carbons (Fsp3) is 0.172. The molecule has 1 N–H and O–H groups in total. The molecule has 0 spiro atoms. The third-order valence-electron chi connectivity index (χ3n) is 6.28. The van der Waals surface area contributed by atoms with Crippen molar-refractivity contribution < 1.29 is 14.4 Å². The number of H-pyrrole nitrogens is 1. The second-order valence-corrected chi connectivity index (χ2v) is 8.67. The van der Waals surface area contributed by atoms with E-state index in [-0.39, 0.29) is 24.4 Å². The zero-order valence-electron chi connectivity index (χ0n) is 20.5. The van der Waals surface area contributed by atoms with Crippen molar-refractivity contribution in [2.75, 3.05) is 7.11 Å². The number of nitrogens with one attached hydrogen (secondary N) is 1. The number of fused-ring (bicyclic) bond motifs is 2. The molecule has 2 aromatic heterocycles. The van der Waals surface area contributed by atoms with E-state index in [4.69, 9.17) is 14.6 Å². The van der Waals surface area contributed by atoms with Gasteiger partial charge in [-0.2, -0.15) is 0 Å². The molecule has 2 heterocycles. The Morgan fingerprint density at radius 1 is 1.00 bits per heavy atom. The Labute approximate surface area is 213 Å². The second-order valence-electron chi connectivity index (χ2n) is 8.67. The van der Waals surface area contributed by atoms with Gasteiger partial charge in [0.05, 0.1) is 18.0 Å². The standard InChI is InChI=1S/C29H26N4O4/c1-19(32-37-18-20-10-4-3-5-11-20)27-31-25-15-9-7-13-23(25)28(34)33(27)26(29(35)36-2)16-21-17-30-24-14-8-6-12-22(21)24/h3-15,17,26,30H,16,18H2,1-2H3/b32-19-/t26-/m0/s1. The average Bonchev–Trinajstić information content (AvgIpc) is 3.35. The average molecular weight is 495 g/mol. The van der Waals surface area contributed by atoms with Crippen LogP contribution >= 0.6 is 0 Å². The molecule has 8 heteroatoms. The van der Waals surface area contributed by atoms with Gasteiger partial charge in [-0.25, -0.2) is 9.78 Å². The molecule has 0 fully saturated rings. The first kappa shape index (κ1) is 24.0. The summed E-state index contributed by atoms with van der Waals surface area (Å²) in [5.74, 6) is -0.310. The molecule has 5 aromatic rings. The van der Waals surface area contributed by atoms with Gasteiger partial charge < -0.3 is 14.6 Å². The van der Waals surface area contributed by atoms with Crippen LogP contribution in [0, 0.1) is 0 Å². The number of carbonyl (C=O) groups is 1. The van der Waals surface area contributed by atoms with E-state index >= 15 is 0 Å². The van der Waals surface area contributed by atoms with E-state index in [9.17, 15) is 9.59 Å². The van der Waals surface area contributed by atoms with Crippen LogP contribution in [0.3, 0.4) is 0 Å². The number of nitrogens with zero attached hydrogens (tertiary/aromatic N) is 3. The van der Waals surface area contributed by atoms with Gasteiger partial charge in [-0.05, 0) is 36.2 Å². The van der Waals surface area contributed by atoms with Crippen molar-refractivity contribution in [1.82, 2.24) is 14.5 Å². The molecule has 186 valence electrons. The molecule has 37 heavy (non-hydrogen) atoms. The predicted octanol–water partition coefficient (Wildman–Crippen LogP) is 4.78. The highest BCUT2D eigenvalue weighted by Gasteiger charge is 2.29. The summed E-state index contributed by atoms with van der Waals surface area (Å²) in [6, 6.07) is 23.5. The van der Waals surface area contributed by atoms with Gasteiger partial charge in [0.25, 0.3) is 5.56 Å². The maximum atomic E-state index is 13.8. The molecule has 0 bridgehead atoms. The van der Waals surface area contributed by atoms with Crippen LogP contribution in [-0.2, 0) is 27.4 Å². The molecule has 0 aliphatic carbocycles. The topological polar surface area (TPSA) is 98.6 Å². The molecule has 0 aliphatic heterocycles. The Hall–Kier alpha value is -4.72. The van der Waals surface area contributed by atoms with Gasteiger partial charge in [-0.15, -0.1) is 0 Å². The Morgan fingerprint density at radius 3 is 2.49 bits per heavy atom. The van der Waals surface area contributed by atoms with Gasteiger partial charge in [0.15, 0.2) is 5.82 Å². The van der Waals surface area contributed by atoms with Crippen molar-refractivity contribution in [3.05, 3.63) is 112 Å². The van der Waals surface area contributed by atoms with Gasteiger partial charge in [0.1, 0.15) is 18.4 Å². The first-order valence-electron chi connectivity index (χ1n) is 11.9. The van der Waals surface area contributed by atoms with Crippen LogP contribution in [0.4, 0.5) is 0 Å². The Morgan fingerprint density at radius 2 is 1.70 bits per heavy atom. The highest BCUT2D eigenvalue weighted by atomic mass is 16.6. The van der Waals surface area contributed by atoms with E-state index in [1.54, 1.807) is 25.1 Å². The lowest BCUT2D eigenvalue weighted by atomic mass is 10.0. The summed E-state index contributed by atoms with van der Waals surface area (Å²) in [5, 5.41) is 5.62. The van der Waals surface area contributed by atoms with E-state index in [0.29, 0.717) is 16.6 Å². The monoisotopic (exact) mass is 494 g/mol. The number of rotatable bonds is 8. The van der Waals surface area contributed by atoms with E-state index in [1.165, 1.54) is 11.7 Å². The van der Waals surface area contributed by atoms with Crippen LogP contribution in [0.25, 0.3) is 21.8 Å². The van der Waals surface area contributed by atoms with Crippen LogP contribution in [-0.4, -0.2) is 33.3 Å². The number of ether oxygens (including phenoxy) is 1. The molecule has 0 radical (unpaired) electrons. The van der Waals surface area contributed by atoms with E-state index < -0.39 is 12.0 Å². The number of methoxy groups -OCH3 is 1. The number of carbonyl (C=O) groups excluding carboxylic acids is 1. The lowest BCUT2D eigenvalue weighted by Gasteiger charge is -2.21. The van der Waals surface area contributed by atoms with Crippen LogP contribution in [0.2, 0.25) is 0 Å². The number of para-hydroxylation sites is 2. The lowest BCUT2D eigenvalue weighted by molar-refractivity contribution is -0.144. The highest BCUT2D eigenvalue weighted by Crippen LogP contribution is 2.25. The number of benzene rings is 3. The van der Waals surface area contributed by atoms with Crippen LogP contribution in [0.15, 0.2) is 95.0 Å². The molecule has 0 aliphatic rings. The molecule has 1 atom stereocenters. The minimum atomic E-state index is -0.969. The van der Waals surface area contributed by atoms with Gasteiger partial charge in [-0.1, -0.05) is 65.8 Å². The van der Waals surface area contributed by atoms with Crippen LogP contribution in [0.1, 0.15) is 29.9 Å². The molecule has 0 saturated carbocycles. The summed E-state index contributed by atoms with van der Waals surface area (Å²) in [6.07, 6.45) is 2.07. The maximum Gasteiger partial charge on any atom is 0.329 e. The second kappa shape index (κ2) is 10.5. The molecule has 0 saturated heterocycles. The minimum Gasteiger partial charge on any atom is -0.467 e. The van der Waals surface area contributed by atoms with Crippen molar-refractivity contribution in [2.24, 2.45) is 5.16 Å². The molecular formula is C29H26N4O4. The Kier molecular flexibility index (Phi) is 6.81.